The minimum absolute atomic E-state index is 0.0156. The Bertz CT molecular complexity index is 1620. The second-order valence-electron chi connectivity index (χ2n) is 14.2. The van der Waals surface area contributed by atoms with Crippen LogP contribution in [-0.4, -0.2) is 105 Å². The van der Waals surface area contributed by atoms with Crippen LogP contribution in [0, 0.1) is 27.9 Å². The highest BCUT2D eigenvalue weighted by molar-refractivity contribution is 6.03. The lowest BCUT2D eigenvalue weighted by Gasteiger charge is -2.58. The van der Waals surface area contributed by atoms with E-state index in [0.717, 1.165) is 30.4 Å². The molecule has 1 saturated carbocycles. The van der Waals surface area contributed by atoms with Crippen LogP contribution >= 0.6 is 0 Å². The molecule has 0 bridgehead atoms. The summed E-state index contributed by atoms with van der Waals surface area (Å²) in [7, 11) is 0. The Balaban J connectivity index is 1.61. The molecule has 0 spiro atoms. The predicted molar refractivity (Wildman–Crippen MR) is 199 cm³/mol. The molecule has 1 aliphatic heterocycles. The normalized spacial score (nSPS) is 24.9. The summed E-state index contributed by atoms with van der Waals surface area (Å²) in [5, 5.41) is 71.1. The van der Waals surface area contributed by atoms with Crippen molar-refractivity contribution in [3.63, 3.8) is 0 Å². The first-order valence-electron chi connectivity index (χ1n) is 19.0. The van der Waals surface area contributed by atoms with Gasteiger partial charge in [-0.1, -0.05) is 31.0 Å². The molecule has 15 heteroatoms. The number of nitrogens with one attached hydrogen (secondary N) is 1. The number of nitrogens with zero attached hydrogens (tertiary/aromatic N) is 3. The lowest BCUT2D eigenvalue weighted by molar-refractivity contribution is -0.384. The fourth-order valence-corrected chi connectivity index (χ4v) is 8.32. The van der Waals surface area contributed by atoms with Gasteiger partial charge in [0.25, 0.3) is 5.69 Å². The average molecular weight is 755 g/mol. The van der Waals surface area contributed by atoms with Gasteiger partial charge >= 0.3 is 6.03 Å². The highest BCUT2D eigenvalue weighted by Crippen LogP contribution is 2.60. The summed E-state index contributed by atoms with van der Waals surface area (Å²) in [6, 6.07) is 9.46. The third-order valence-electron chi connectivity index (χ3n) is 10.7. The van der Waals surface area contributed by atoms with Crippen molar-refractivity contribution in [3.05, 3.63) is 75.4 Å². The topological polar surface area (TPSA) is 217 Å². The van der Waals surface area contributed by atoms with Gasteiger partial charge in [-0.15, -0.1) is 0 Å². The number of aliphatic hydroxyl groups is 4. The number of carbonyl (C=O) groups is 1. The van der Waals surface area contributed by atoms with Crippen molar-refractivity contribution in [1.82, 2.24) is 10.2 Å². The minimum Gasteiger partial charge on any atom is -0.508 e. The molecule has 1 heterocycles. The van der Waals surface area contributed by atoms with Crippen LogP contribution in [0.1, 0.15) is 75.3 Å². The first-order chi connectivity index (χ1) is 26.2. The maximum Gasteiger partial charge on any atom is 0.317 e. The molecule has 296 valence electrons. The van der Waals surface area contributed by atoms with Gasteiger partial charge in [-0.2, -0.15) is 0 Å². The number of carbonyl (C=O) groups excluding carboxylic acids is 1. The van der Waals surface area contributed by atoms with Crippen molar-refractivity contribution in [2.45, 2.75) is 82.6 Å². The molecule has 6 unspecified atom stereocenters. The van der Waals surface area contributed by atoms with Crippen LogP contribution in [0.25, 0.3) is 0 Å². The molecule has 5 rings (SSSR count). The number of nitro benzene ring substituents is 1. The van der Waals surface area contributed by atoms with E-state index in [1.165, 1.54) is 18.2 Å². The Kier molecular flexibility index (Phi) is 14.7. The number of fused-ring (bicyclic) bond motifs is 2. The maximum atomic E-state index is 14.0. The predicted octanol–water partition coefficient (Wildman–Crippen LogP) is 4.35. The molecule has 54 heavy (non-hydrogen) atoms. The van der Waals surface area contributed by atoms with Gasteiger partial charge in [-0.3, -0.25) is 10.1 Å². The molecule has 15 nitrogen and oxygen atoms in total. The number of urea groups is 1. The van der Waals surface area contributed by atoms with Crippen LogP contribution in [0.15, 0.2) is 59.3 Å². The van der Waals surface area contributed by atoms with Gasteiger partial charge in [0.15, 0.2) is 0 Å². The summed E-state index contributed by atoms with van der Waals surface area (Å²) in [4.78, 5) is 32.2. The van der Waals surface area contributed by atoms with E-state index in [2.05, 4.69) is 16.5 Å². The fourth-order valence-electron chi connectivity index (χ4n) is 8.32. The van der Waals surface area contributed by atoms with Crippen LogP contribution in [-0.2, 0) is 16.2 Å². The smallest absolute Gasteiger partial charge is 0.317 e. The van der Waals surface area contributed by atoms with Gasteiger partial charge in [0, 0.05) is 56.3 Å². The van der Waals surface area contributed by atoms with E-state index in [0.29, 0.717) is 42.7 Å². The minimum atomic E-state index is -1.93. The summed E-state index contributed by atoms with van der Waals surface area (Å²) in [6.45, 7) is 2.68. The molecule has 1 fully saturated rings. The largest absolute Gasteiger partial charge is 0.508 e. The summed E-state index contributed by atoms with van der Waals surface area (Å²) in [5.41, 5.74) is 2.59. The Hall–Kier alpha value is -4.28. The molecule has 2 aromatic rings. The van der Waals surface area contributed by atoms with Crippen LogP contribution in [0.5, 0.6) is 11.5 Å². The number of phenolic OH excluding ortho intramolecular Hbond substituents is 1. The highest BCUT2D eigenvalue weighted by atomic mass is 16.6. The second kappa shape index (κ2) is 19.4. The van der Waals surface area contributed by atoms with Crippen molar-refractivity contribution in [3.8, 4) is 11.5 Å². The van der Waals surface area contributed by atoms with E-state index >= 15 is 0 Å². The average Bonchev–Trinajstić information content (AvgIpc) is 3.16. The first kappa shape index (κ1) is 40.9. The lowest BCUT2D eigenvalue weighted by Crippen LogP contribution is -2.69. The summed E-state index contributed by atoms with van der Waals surface area (Å²) < 4.78 is 12.0. The molecule has 2 amide bonds. The second-order valence-corrected chi connectivity index (χ2v) is 14.2. The Morgan fingerprint density at radius 3 is 2.48 bits per heavy atom. The number of amides is 2. The molecular formula is C39H54N4O11. The molecular weight excluding hydrogens is 700 g/mol. The van der Waals surface area contributed by atoms with Crippen molar-refractivity contribution in [2.24, 2.45) is 22.9 Å². The number of non-ortho nitro benzene ring substituents is 1. The van der Waals surface area contributed by atoms with E-state index in [9.17, 15) is 35.3 Å². The number of rotatable bonds is 20. The fraction of sp³-hybridized carbons (Fsp3) is 0.590. The van der Waals surface area contributed by atoms with E-state index in [1.54, 1.807) is 29.2 Å². The van der Waals surface area contributed by atoms with E-state index in [4.69, 9.17) is 19.4 Å². The van der Waals surface area contributed by atoms with Crippen molar-refractivity contribution < 1.29 is 49.6 Å². The molecule has 0 radical (unpaired) electrons. The lowest BCUT2D eigenvalue weighted by atomic mass is 9.55. The number of aliphatic hydroxyl groups excluding tert-OH is 3. The zero-order valence-electron chi connectivity index (χ0n) is 30.8. The number of hydrogen-bond acceptors (Lipinski definition) is 12. The molecule has 2 aliphatic carbocycles. The molecule has 6 N–H and O–H groups in total. The van der Waals surface area contributed by atoms with Gasteiger partial charge in [0.1, 0.15) is 24.1 Å². The van der Waals surface area contributed by atoms with Gasteiger partial charge in [-0.25, -0.2) is 4.79 Å². The Morgan fingerprint density at radius 1 is 1.06 bits per heavy atom. The number of phenols is 1. The SMILES string of the molecule is CCCN(C(=O)NCCOCCO)C1CC(=NOCc2ccc([N+](=O)[O-])cc2)C2=CC(CCCCO)C(CCCCO)C3c4cc(O)ccc4OC1(O)C23. The van der Waals surface area contributed by atoms with Crippen LogP contribution in [0.4, 0.5) is 10.5 Å². The van der Waals surface area contributed by atoms with Crippen LogP contribution in [0.3, 0.4) is 0 Å². The molecule has 0 saturated heterocycles. The van der Waals surface area contributed by atoms with Crippen LogP contribution in [0.2, 0.25) is 0 Å². The van der Waals surface area contributed by atoms with Gasteiger partial charge < -0.3 is 50.1 Å². The number of nitro groups is 1. The number of allylic oxidation sites excluding steroid dienone is 1. The van der Waals surface area contributed by atoms with Crippen molar-refractivity contribution in [2.75, 3.05) is 46.1 Å². The zero-order chi connectivity index (χ0) is 38.7. The van der Waals surface area contributed by atoms with Gasteiger partial charge in [-0.05, 0) is 85.4 Å². The quantitative estimate of drug-likeness (QED) is 0.0635. The van der Waals surface area contributed by atoms with E-state index < -0.39 is 28.7 Å². The molecule has 3 aliphatic rings. The Morgan fingerprint density at radius 2 is 1.80 bits per heavy atom. The first-order valence-corrected chi connectivity index (χ1v) is 19.0. The van der Waals surface area contributed by atoms with Crippen molar-refractivity contribution in [1.29, 1.82) is 0 Å². The van der Waals surface area contributed by atoms with E-state index in [-0.39, 0.29) is 88.3 Å². The number of oxime groups is 1. The summed E-state index contributed by atoms with van der Waals surface area (Å²) >= 11 is 0. The number of aromatic hydroxyl groups is 1. The van der Waals surface area contributed by atoms with Gasteiger partial charge in [0.05, 0.1) is 36.4 Å². The number of unbranched alkanes of at least 4 members (excludes halogenated alkanes) is 2. The van der Waals surface area contributed by atoms with Crippen molar-refractivity contribution >= 4 is 17.4 Å². The summed E-state index contributed by atoms with van der Waals surface area (Å²) in [6.07, 6.45) is 6.93. The summed E-state index contributed by atoms with van der Waals surface area (Å²) in [5.74, 6) is -2.66. The van der Waals surface area contributed by atoms with Gasteiger partial charge in [0.2, 0.25) is 5.79 Å². The highest BCUT2D eigenvalue weighted by Gasteiger charge is 2.64. The number of hydrogen-bond donors (Lipinski definition) is 6. The zero-order valence-corrected chi connectivity index (χ0v) is 30.8. The van der Waals surface area contributed by atoms with Crippen LogP contribution < -0.4 is 10.1 Å². The third kappa shape index (κ3) is 9.32. The standard InChI is InChI=1S/C39H54N4O11/c1-2-16-42(38(48)40-15-20-52-21-19-46)35-24-33(41-53-25-26-9-11-28(12-10-26)43(50)51)31-22-27(7-3-5-17-44)30(8-4-6-18-45)36-32-23-29(47)13-14-34(32)54-39(35,49)37(31)36/h9-14,22-23,27,30,35-37,44-47,49H,2-8,15-21,24-25H2,1H3,(H,40,48). The van der Waals surface area contributed by atoms with E-state index in [1.807, 2.05) is 6.92 Å². The maximum absolute atomic E-state index is 14.0. The number of ether oxygens (including phenoxy) is 2. The third-order valence-corrected chi connectivity index (χ3v) is 10.7. The number of benzene rings is 2. The molecule has 2 aromatic carbocycles. The monoisotopic (exact) mass is 754 g/mol. The molecule has 6 atom stereocenters. The molecule has 0 aromatic heterocycles. The Labute approximate surface area is 315 Å².